The molecule has 0 aliphatic carbocycles. The first-order chi connectivity index (χ1) is 15.9. The molecule has 0 aromatic heterocycles. The molecular formula is C26H22ClN3O3. The summed E-state index contributed by atoms with van der Waals surface area (Å²) in [5.41, 5.74) is 3.62. The molecule has 0 fully saturated rings. The molecule has 0 unspecified atom stereocenters. The van der Waals surface area contributed by atoms with Crippen LogP contribution in [0.5, 0.6) is 5.75 Å². The van der Waals surface area contributed by atoms with Crippen LogP contribution in [-0.4, -0.2) is 18.4 Å². The lowest BCUT2D eigenvalue weighted by Crippen LogP contribution is -2.21. The Morgan fingerprint density at radius 2 is 1.82 bits per heavy atom. The number of anilines is 2. The molecule has 166 valence electrons. The van der Waals surface area contributed by atoms with Crippen LogP contribution in [0.15, 0.2) is 72.3 Å². The van der Waals surface area contributed by atoms with Gasteiger partial charge < -0.3 is 15.4 Å². The van der Waals surface area contributed by atoms with Gasteiger partial charge in [-0.2, -0.15) is 5.26 Å². The van der Waals surface area contributed by atoms with E-state index in [1.54, 1.807) is 48.5 Å². The zero-order valence-corrected chi connectivity index (χ0v) is 18.9. The van der Waals surface area contributed by atoms with E-state index >= 15 is 0 Å². The van der Waals surface area contributed by atoms with Crippen molar-refractivity contribution in [1.82, 2.24) is 0 Å². The highest BCUT2D eigenvalue weighted by molar-refractivity contribution is 6.31. The van der Waals surface area contributed by atoms with E-state index in [-0.39, 0.29) is 18.1 Å². The molecule has 0 saturated carbocycles. The number of aryl methyl sites for hydroxylation is 2. The van der Waals surface area contributed by atoms with Crippen LogP contribution >= 0.6 is 11.6 Å². The SMILES string of the molecule is Cc1ccc(NC(=O)COc2ccccc2/C=C(/C#N)C(=O)Nc2cccc(Cl)c2)c(C)c1. The highest BCUT2D eigenvalue weighted by Crippen LogP contribution is 2.22. The Morgan fingerprint density at radius 1 is 1.03 bits per heavy atom. The van der Waals surface area contributed by atoms with Crippen molar-refractivity contribution >= 4 is 40.9 Å². The number of nitriles is 1. The topological polar surface area (TPSA) is 91.2 Å². The Bertz CT molecular complexity index is 1260. The van der Waals surface area contributed by atoms with Gasteiger partial charge in [0.25, 0.3) is 11.8 Å². The Kier molecular flexibility index (Phi) is 7.85. The third kappa shape index (κ3) is 6.70. The standard InChI is InChI=1S/C26H22ClN3O3/c1-17-10-11-23(18(2)12-17)30-25(31)16-33-24-9-4-3-6-19(24)13-20(15-28)26(32)29-22-8-5-7-21(27)14-22/h3-14H,16H2,1-2H3,(H,29,32)(H,30,31)/b20-13-. The van der Waals surface area contributed by atoms with E-state index in [2.05, 4.69) is 10.6 Å². The second-order valence-corrected chi connectivity index (χ2v) is 7.76. The predicted molar refractivity (Wildman–Crippen MR) is 130 cm³/mol. The van der Waals surface area contributed by atoms with Crippen molar-refractivity contribution in [2.75, 3.05) is 17.2 Å². The van der Waals surface area contributed by atoms with Crippen LogP contribution in [-0.2, 0) is 9.59 Å². The van der Waals surface area contributed by atoms with E-state index in [9.17, 15) is 14.9 Å². The quantitative estimate of drug-likeness (QED) is 0.359. The number of halogens is 1. The first kappa shape index (κ1) is 23.6. The van der Waals surface area contributed by atoms with E-state index in [0.29, 0.717) is 27.7 Å². The first-order valence-corrected chi connectivity index (χ1v) is 10.5. The van der Waals surface area contributed by atoms with Gasteiger partial charge in [-0.3, -0.25) is 9.59 Å². The predicted octanol–water partition coefficient (Wildman–Crippen LogP) is 5.52. The fourth-order valence-corrected chi connectivity index (χ4v) is 3.27. The minimum absolute atomic E-state index is 0.120. The summed E-state index contributed by atoms with van der Waals surface area (Å²) in [6.45, 7) is 3.67. The Morgan fingerprint density at radius 3 is 2.55 bits per heavy atom. The summed E-state index contributed by atoms with van der Waals surface area (Å²) in [4.78, 5) is 24.9. The maximum atomic E-state index is 12.5. The lowest BCUT2D eigenvalue weighted by Gasteiger charge is -2.12. The lowest BCUT2D eigenvalue weighted by molar-refractivity contribution is -0.118. The van der Waals surface area contributed by atoms with Gasteiger partial charge in [-0.05, 0) is 55.8 Å². The molecule has 7 heteroatoms. The number of carbonyl (C=O) groups excluding carboxylic acids is 2. The zero-order valence-electron chi connectivity index (χ0n) is 18.2. The number of amides is 2. The van der Waals surface area contributed by atoms with E-state index in [0.717, 1.165) is 11.1 Å². The number of hydrogen-bond acceptors (Lipinski definition) is 4. The number of nitrogens with zero attached hydrogens (tertiary/aromatic N) is 1. The number of rotatable bonds is 7. The second kappa shape index (κ2) is 11.0. The van der Waals surface area contributed by atoms with Crippen molar-refractivity contribution < 1.29 is 14.3 Å². The summed E-state index contributed by atoms with van der Waals surface area (Å²) >= 11 is 5.94. The molecule has 33 heavy (non-hydrogen) atoms. The molecule has 0 aliphatic heterocycles. The molecule has 3 rings (SSSR count). The van der Waals surface area contributed by atoms with Crippen LogP contribution in [0.1, 0.15) is 16.7 Å². The summed E-state index contributed by atoms with van der Waals surface area (Å²) in [6.07, 6.45) is 1.41. The van der Waals surface area contributed by atoms with E-state index < -0.39 is 5.91 Å². The summed E-state index contributed by atoms with van der Waals surface area (Å²) in [5.74, 6) is -0.529. The molecule has 0 bridgehead atoms. The van der Waals surface area contributed by atoms with Gasteiger partial charge in [0.05, 0.1) is 0 Å². The number of para-hydroxylation sites is 1. The number of hydrogen-bond donors (Lipinski definition) is 2. The minimum Gasteiger partial charge on any atom is -0.483 e. The molecule has 2 amide bonds. The Labute approximate surface area is 197 Å². The van der Waals surface area contributed by atoms with Crippen molar-refractivity contribution in [3.8, 4) is 11.8 Å². The number of carbonyl (C=O) groups is 2. The van der Waals surface area contributed by atoms with Crippen LogP contribution in [0.2, 0.25) is 5.02 Å². The molecule has 2 N–H and O–H groups in total. The monoisotopic (exact) mass is 459 g/mol. The third-order valence-corrected chi connectivity index (χ3v) is 4.92. The molecule has 0 saturated heterocycles. The summed E-state index contributed by atoms with van der Waals surface area (Å²) < 4.78 is 5.68. The van der Waals surface area contributed by atoms with E-state index in [1.165, 1.54) is 6.08 Å². The van der Waals surface area contributed by atoms with Crippen LogP contribution < -0.4 is 15.4 Å². The minimum atomic E-state index is -0.581. The van der Waals surface area contributed by atoms with E-state index in [4.69, 9.17) is 16.3 Å². The maximum Gasteiger partial charge on any atom is 0.266 e. The van der Waals surface area contributed by atoms with Crippen LogP contribution in [0.4, 0.5) is 11.4 Å². The van der Waals surface area contributed by atoms with Crippen molar-refractivity contribution in [2.45, 2.75) is 13.8 Å². The van der Waals surface area contributed by atoms with Gasteiger partial charge in [-0.1, -0.05) is 53.6 Å². The largest absolute Gasteiger partial charge is 0.483 e. The molecule has 3 aromatic rings. The zero-order chi connectivity index (χ0) is 23.8. The van der Waals surface area contributed by atoms with Crippen LogP contribution in [0.3, 0.4) is 0 Å². The molecule has 0 atom stereocenters. The van der Waals surface area contributed by atoms with Crippen LogP contribution in [0, 0.1) is 25.2 Å². The fourth-order valence-electron chi connectivity index (χ4n) is 3.08. The smallest absolute Gasteiger partial charge is 0.266 e. The molecular weight excluding hydrogens is 438 g/mol. The molecule has 0 heterocycles. The van der Waals surface area contributed by atoms with Crippen molar-refractivity contribution in [3.05, 3.63) is 94.0 Å². The summed E-state index contributed by atoms with van der Waals surface area (Å²) in [5, 5.41) is 15.4. The maximum absolute atomic E-state index is 12.5. The van der Waals surface area contributed by atoms with Gasteiger partial charge in [0.1, 0.15) is 17.4 Å². The summed E-state index contributed by atoms with van der Waals surface area (Å²) in [6, 6.07) is 21.1. The van der Waals surface area contributed by atoms with Crippen LogP contribution in [0.25, 0.3) is 6.08 Å². The Hall–Kier alpha value is -4.08. The molecule has 0 radical (unpaired) electrons. The Balaban J connectivity index is 1.70. The molecule has 0 spiro atoms. The van der Waals surface area contributed by atoms with Crippen molar-refractivity contribution in [2.24, 2.45) is 0 Å². The van der Waals surface area contributed by atoms with Gasteiger partial charge in [-0.15, -0.1) is 0 Å². The highest BCUT2D eigenvalue weighted by Gasteiger charge is 2.13. The highest BCUT2D eigenvalue weighted by atomic mass is 35.5. The summed E-state index contributed by atoms with van der Waals surface area (Å²) in [7, 11) is 0. The number of nitrogens with one attached hydrogen (secondary N) is 2. The van der Waals surface area contributed by atoms with Gasteiger partial charge in [0.2, 0.25) is 0 Å². The lowest BCUT2D eigenvalue weighted by atomic mass is 10.1. The first-order valence-electron chi connectivity index (χ1n) is 10.1. The van der Waals surface area contributed by atoms with Gasteiger partial charge in [0.15, 0.2) is 6.61 Å². The molecule has 0 aliphatic rings. The normalized spacial score (nSPS) is 10.8. The third-order valence-electron chi connectivity index (χ3n) is 4.68. The number of ether oxygens (including phenoxy) is 1. The van der Waals surface area contributed by atoms with Gasteiger partial charge in [-0.25, -0.2) is 0 Å². The molecule has 3 aromatic carbocycles. The second-order valence-electron chi connectivity index (χ2n) is 7.33. The van der Waals surface area contributed by atoms with E-state index in [1.807, 2.05) is 38.1 Å². The van der Waals surface area contributed by atoms with Crippen molar-refractivity contribution in [3.63, 3.8) is 0 Å². The number of benzene rings is 3. The fraction of sp³-hybridized carbons (Fsp3) is 0.115. The molecule has 6 nitrogen and oxygen atoms in total. The van der Waals surface area contributed by atoms with Gasteiger partial charge in [0, 0.05) is 22.0 Å². The van der Waals surface area contributed by atoms with Gasteiger partial charge >= 0.3 is 0 Å². The average molecular weight is 460 g/mol. The average Bonchev–Trinajstić information content (AvgIpc) is 2.78. The van der Waals surface area contributed by atoms with Crippen molar-refractivity contribution in [1.29, 1.82) is 5.26 Å².